The largest absolute Gasteiger partial charge is 1.00 e. The molecule has 0 bridgehead atoms. The van der Waals surface area contributed by atoms with E-state index in [9.17, 15) is 0 Å². The second-order valence-electron chi connectivity index (χ2n) is 5.45. The van der Waals surface area contributed by atoms with Crippen LogP contribution >= 0.6 is 0 Å². The molecule has 3 rings (SSSR count). The van der Waals surface area contributed by atoms with E-state index in [-0.39, 0.29) is 31.4 Å². The van der Waals surface area contributed by atoms with E-state index in [4.69, 9.17) is 5.11 Å². The molecule has 0 heterocycles. The molecule has 1 atom stereocenters. The van der Waals surface area contributed by atoms with Gasteiger partial charge in [0.1, 0.15) is 0 Å². The summed E-state index contributed by atoms with van der Waals surface area (Å²) in [4.78, 5) is 0. The Kier molecular flexibility index (Phi) is 11.0. The molecule has 1 unspecified atom stereocenters. The molecule has 1 N–H and O–H groups in total. The van der Waals surface area contributed by atoms with Crippen molar-refractivity contribution in [3.05, 3.63) is 71.3 Å². The molecule has 122 valence electrons. The Balaban J connectivity index is 0.000000731. The van der Waals surface area contributed by atoms with Crippen LogP contribution in [0, 0.1) is 0 Å². The van der Waals surface area contributed by atoms with Gasteiger partial charge in [-0.2, -0.15) is 12.1 Å². The van der Waals surface area contributed by atoms with Crippen molar-refractivity contribution in [3.8, 4) is 0 Å². The van der Waals surface area contributed by atoms with Crippen LogP contribution in [0.4, 0.5) is 0 Å². The van der Waals surface area contributed by atoms with Crippen molar-refractivity contribution >= 4 is 8.78 Å². The monoisotopic (exact) mass is 425 g/mol. The molecular formula is C19H21Cl2OZr-. The summed E-state index contributed by atoms with van der Waals surface area (Å²) in [6.45, 7) is 4.46. The fourth-order valence-corrected chi connectivity index (χ4v) is 2.65. The predicted octanol–water partition coefficient (Wildman–Crippen LogP) is -1.93. The first-order chi connectivity index (χ1) is 10.1. The Bertz CT molecular complexity index is 629. The Morgan fingerprint density at radius 3 is 2.22 bits per heavy atom. The normalized spacial score (nSPS) is 14.5. The van der Waals surface area contributed by atoms with Crippen LogP contribution in [-0.2, 0) is 24.2 Å². The van der Waals surface area contributed by atoms with Gasteiger partial charge in [-0.15, -0.1) is 5.56 Å². The van der Waals surface area contributed by atoms with E-state index in [1.807, 2.05) is 0 Å². The molecule has 0 fully saturated rings. The van der Waals surface area contributed by atoms with Crippen LogP contribution in [0.25, 0.3) is 5.57 Å². The molecule has 2 aromatic rings. The average molecular weight is 428 g/mol. The third kappa shape index (κ3) is 6.20. The van der Waals surface area contributed by atoms with Gasteiger partial charge in [-0.25, -0.2) is 12.1 Å². The number of allylic oxidation sites excluding steroid dienone is 1. The molecule has 1 aliphatic rings. The number of halogens is 2. The zero-order valence-electron chi connectivity index (χ0n) is 13.4. The number of hydrogen-bond acceptors (Lipinski definition) is 1. The Hall–Kier alpha value is -0.397. The minimum Gasteiger partial charge on any atom is -1.00 e. The number of benzene rings is 1. The summed E-state index contributed by atoms with van der Waals surface area (Å²) in [5.74, 6) is 0.364. The third-order valence-electron chi connectivity index (χ3n) is 3.44. The molecule has 0 aliphatic heterocycles. The second kappa shape index (κ2) is 11.2. The van der Waals surface area contributed by atoms with Crippen LogP contribution in [-0.4, -0.2) is 14.9 Å². The maximum Gasteiger partial charge on any atom is 0.0471 e. The second-order valence-corrected chi connectivity index (χ2v) is 7.91. The van der Waals surface area contributed by atoms with Gasteiger partial charge in [-0.1, -0.05) is 30.3 Å². The Morgan fingerprint density at radius 1 is 1.09 bits per heavy atom. The minimum absolute atomic E-state index is 0. The van der Waals surface area contributed by atoms with Crippen molar-refractivity contribution in [2.75, 3.05) is 6.61 Å². The van der Waals surface area contributed by atoms with Crippen LogP contribution in [0.5, 0.6) is 0 Å². The van der Waals surface area contributed by atoms with Gasteiger partial charge in [0.05, 0.1) is 0 Å². The third-order valence-corrected chi connectivity index (χ3v) is 3.44. The van der Waals surface area contributed by atoms with Crippen LogP contribution in [0.2, 0.25) is 0 Å². The first-order valence-corrected chi connectivity index (χ1v) is 8.50. The summed E-state index contributed by atoms with van der Waals surface area (Å²) < 4.78 is 1.51. The number of aliphatic hydroxyl groups excluding tert-OH is 1. The maximum atomic E-state index is 9.13. The molecule has 2 aromatic carbocycles. The molecule has 1 nitrogen and oxygen atoms in total. The topological polar surface area (TPSA) is 20.2 Å². The van der Waals surface area contributed by atoms with E-state index in [0.29, 0.717) is 5.92 Å². The fraction of sp³-hybridized carbons (Fsp3) is 0.263. The molecule has 0 saturated heterocycles. The molecule has 4 heteroatoms. The summed E-state index contributed by atoms with van der Waals surface area (Å²) in [6, 6.07) is 17.0. The number of hydrogen-bond donors (Lipinski definition) is 1. The van der Waals surface area contributed by atoms with E-state index < -0.39 is 0 Å². The van der Waals surface area contributed by atoms with E-state index in [1.54, 1.807) is 24.2 Å². The zero-order chi connectivity index (χ0) is 15.2. The average Bonchev–Trinajstić information content (AvgIpc) is 3.06. The summed E-state index contributed by atoms with van der Waals surface area (Å²) in [7, 11) is 0. The summed E-state index contributed by atoms with van der Waals surface area (Å²) in [5.41, 5.74) is 5.27. The number of rotatable bonds is 3. The van der Waals surface area contributed by atoms with Crippen molar-refractivity contribution < 1.29 is 54.2 Å². The van der Waals surface area contributed by atoms with E-state index in [1.165, 1.54) is 25.5 Å². The van der Waals surface area contributed by atoms with Gasteiger partial charge < -0.3 is 29.9 Å². The van der Waals surface area contributed by atoms with Crippen molar-refractivity contribution in [2.24, 2.45) is 0 Å². The van der Waals surface area contributed by atoms with Crippen LogP contribution in [0.3, 0.4) is 0 Å². The van der Waals surface area contributed by atoms with E-state index in [2.05, 4.69) is 68.5 Å². The van der Waals surface area contributed by atoms with Crippen molar-refractivity contribution in [3.63, 3.8) is 0 Å². The SMILES string of the molecule is C[C](C)=[Zr+2].OCCC1=CC([c-]2cccc2)c2ccccc21.[Cl-].[Cl-]. The number of aliphatic hydroxyl groups is 1. The van der Waals surface area contributed by atoms with Gasteiger partial charge >= 0.3 is 41.3 Å². The zero-order valence-corrected chi connectivity index (χ0v) is 17.4. The van der Waals surface area contributed by atoms with E-state index >= 15 is 0 Å². The Labute approximate surface area is 166 Å². The molecular weight excluding hydrogens is 406 g/mol. The van der Waals surface area contributed by atoms with Gasteiger partial charge in [-0.05, 0) is 29.0 Å². The van der Waals surface area contributed by atoms with Gasteiger partial charge in [0.15, 0.2) is 0 Å². The van der Waals surface area contributed by atoms with Crippen molar-refractivity contribution in [1.29, 1.82) is 0 Å². The van der Waals surface area contributed by atoms with Gasteiger partial charge in [0, 0.05) is 6.61 Å². The van der Waals surface area contributed by atoms with E-state index in [0.717, 1.165) is 6.42 Å². The maximum absolute atomic E-state index is 9.13. The molecule has 0 radical (unpaired) electrons. The van der Waals surface area contributed by atoms with Crippen molar-refractivity contribution in [2.45, 2.75) is 26.2 Å². The van der Waals surface area contributed by atoms with Crippen molar-refractivity contribution in [1.82, 2.24) is 0 Å². The standard InChI is InChI=1S/C16H15O.C3H6.2ClH.Zr/c17-10-9-13-11-16(12-5-1-2-6-12)15-8-4-3-7-14(13)15;1-3-2;;;/h1-8,11,16-17H,9-10H2;1-2H3;2*1H;/q-1;;;;+2/p-2. The van der Waals surface area contributed by atoms with Gasteiger partial charge in [-0.3, -0.25) is 0 Å². The van der Waals surface area contributed by atoms with Gasteiger partial charge in [0.25, 0.3) is 0 Å². The molecule has 0 spiro atoms. The first-order valence-electron chi connectivity index (χ1n) is 7.27. The van der Waals surface area contributed by atoms with Gasteiger partial charge in [0.2, 0.25) is 0 Å². The minimum atomic E-state index is 0. The molecule has 0 saturated carbocycles. The molecule has 0 amide bonds. The van der Waals surface area contributed by atoms with Crippen LogP contribution < -0.4 is 24.8 Å². The van der Waals surface area contributed by atoms with Crippen LogP contribution in [0.15, 0.2) is 54.6 Å². The number of fused-ring (bicyclic) bond motifs is 1. The summed E-state index contributed by atoms with van der Waals surface area (Å²) >= 11 is 1.55. The summed E-state index contributed by atoms with van der Waals surface area (Å²) in [6.07, 6.45) is 3.03. The first kappa shape index (κ1) is 22.6. The molecule has 23 heavy (non-hydrogen) atoms. The fourth-order valence-electron chi connectivity index (χ4n) is 2.65. The smallest absolute Gasteiger partial charge is 0.0471 e. The van der Waals surface area contributed by atoms with Crippen LogP contribution in [0.1, 0.15) is 42.9 Å². The quantitative estimate of drug-likeness (QED) is 0.566. The predicted molar refractivity (Wildman–Crippen MR) is 86.4 cm³/mol. The molecule has 0 aromatic heterocycles. The summed E-state index contributed by atoms with van der Waals surface area (Å²) in [5, 5.41) is 9.13. The Morgan fingerprint density at radius 2 is 1.65 bits per heavy atom. The molecule has 1 aliphatic carbocycles.